The standard InChI is InChI=1S/C11H17NS/c1-3-12-11(9-4-5-9)10-6-8(2)13-7-10/h6-7,9,11-12H,3-5H2,1-2H3. The number of thiophene rings is 1. The molecule has 1 atom stereocenters. The molecule has 0 saturated heterocycles. The summed E-state index contributed by atoms with van der Waals surface area (Å²) >= 11 is 1.86. The van der Waals surface area contributed by atoms with E-state index < -0.39 is 0 Å². The first kappa shape index (κ1) is 9.22. The van der Waals surface area contributed by atoms with Crippen LogP contribution in [0.3, 0.4) is 0 Å². The van der Waals surface area contributed by atoms with Crippen molar-refractivity contribution in [1.82, 2.24) is 5.32 Å². The summed E-state index contributed by atoms with van der Waals surface area (Å²) in [5.74, 6) is 0.911. The lowest BCUT2D eigenvalue weighted by atomic mass is 10.1. The summed E-state index contributed by atoms with van der Waals surface area (Å²) in [6.45, 7) is 5.45. The Kier molecular flexibility index (Phi) is 2.70. The van der Waals surface area contributed by atoms with Crippen LogP contribution in [0, 0.1) is 12.8 Å². The third-order valence-corrected chi connectivity index (χ3v) is 3.51. The lowest BCUT2D eigenvalue weighted by Crippen LogP contribution is -2.21. The molecule has 0 aliphatic heterocycles. The Morgan fingerprint density at radius 1 is 1.62 bits per heavy atom. The molecule has 2 heteroatoms. The monoisotopic (exact) mass is 195 g/mol. The van der Waals surface area contributed by atoms with Gasteiger partial charge in [-0.1, -0.05) is 6.92 Å². The Morgan fingerprint density at radius 2 is 2.38 bits per heavy atom. The van der Waals surface area contributed by atoms with Crippen LogP contribution in [0.4, 0.5) is 0 Å². The van der Waals surface area contributed by atoms with Crippen LogP contribution < -0.4 is 5.32 Å². The van der Waals surface area contributed by atoms with E-state index in [1.54, 1.807) is 0 Å². The van der Waals surface area contributed by atoms with Crippen LogP contribution in [0.2, 0.25) is 0 Å². The first-order chi connectivity index (χ1) is 6.31. The van der Waals surface area contributed by atoms with Crippen molar-refractivity contribution in [2.45, 2.75) is 32.7 Å². The molecule has 1 aliphatic rings. The maximum atomic E-state index is 3.58. The van der Waals surface area contributed by atoms with E-state index in [0.29, 0.717) is 6.04 Å². The molecular weight excluding hydrogens is 178 g/mol. The minimum Gasteiger partial charge on any atom is -0.310 e. The highest BCUT2D eigenvalue weighted by Gasteiger charge is 2.31. The molecule has 1 N–H and O–H groups in total. The molecule has 1 aromatic heterocycles. The third kappa shape index (κ3) is 2.12. The van der Waals surface area contributed by atoms with Gasteiger partial charge < -0.3 is 5.32 Å². The van der Waals surface area contributed by atoms with Crippen LogP contribution in [-0.4, -0.2) is 6.54 Å². The van der Waals surface area contributed by atoms with Gasteiger partial charge in [0.25, 0.3) is 0 Å². The van der Waals surface area contributed by atoms with E-state index in [9.17, 15) is 0 Å². The minimum atomic E-state index is 0.634. The number of aryl methyl sites for hydroxylation is 1. The largest absolute Gasteiger partial charge is 0.310 e. The number of nitrogens with one attached hydrogen (secondary N) is 1. The van der Waals surface area contributed by atoms with Gasteiger partial charge in [0.2, 0.25) is 0 Å². The molecule has 72 valence electrons. The van der Waals surface area contributed by atoms with Crippen molar-refractivity contribution in [2.24, 2.45) is 5.92 Å². The van der Waals surface area contributed by atoms with Crippen molar-refractivity contribution < 1.29 is 0 Å². The molecule has 0 spiro atoms. The van der Waals surface area contributed by atoms with Crippen LogP contribution in [0.1, 0.15) is 36.2 Å². The molecule has 1 nitrogen and oxygen atoms in total. The van der Waals surface area contributed by atoms with Crippen molar-refractivity contribution >= 4 is 11.3 Å². The zero-order chi connectivity index (χ0) is 9.26. The van der Waals surface area contributed by atoms with E-state index in [2.05, 4.69) is 30.6 Å². The van der Waals surface area contributed by atoms with Crippen LogP contribution in [0.25, 0.3) is 0 Å². The van der Waals surface area contributed by atoms with Gasteiger partial charge >= 0.3 is 0 Å². The lowest BCUT2D eigenvalue weighted by molar-refractivity contribution is 0.497. The van der Waals surface area contributed by atoms with E-state index in [0.717, 1.165) is 12.5 Å². The first-order valence-electron chi connectivity index (χ1n) is 5.09. The highest BCUT2D eigenvalue weighted by molar-refractivity contribution is 7.10. The molecule has 0 amide bonds. The lowest BCUT2D eigenvalue weighted by Gasteiger charge is -2.15. The van der Waals surface area contributed by atoms with Crippen molar-refractivity contribution in [2.75, 3.05) is 6.54 Å². The first-order valence-corrected chi connectivity index (χ1v) is 5.97. The molecule has 2 rings (SSSR count). The van der Waals surface area contributed by atoms with Gasteiger partial charge in [0.05, 0.1) is 0 Å². The van der Waals surface area contributed by atoms with Crippen molar-refractivity contribution in [3.8, 4) is 0 Å². The number of rotatable bonds is 4. The van der Waals surface area contributed by atoms with Crippen LogP contribution in [0.15, 0.2) is 11.4 Å². The molecule has 1 unspecified atom stereocenters. The highest BCUT2D eigenvalue weighted by atomic mass is 32.1. The molecule has 1 aliphatic carbocycles. The molecule has 0 aromatic carbocycles. The quantitative estimate of drug-likeness (QED) is 0.778. The predicted octanol–water partition coefficient (Wildman–Crippen LogP) is 3.12. The number of hydrogen-bond acceptors (Lipinski definition) is 2. The molecule has 13 heavy (non-hydrogen) atoms. The van der Waals surface area contributed by atoms with Gasteiger partial charge in [-0.25, -0.2) is 0 Å². The molecule has 0 radical (unpaired) electrons. The van der Waals surface area contributed by atoms with Gasteiger partial charge in [-0.2, -0.15) is 0 Å². The second-order valence-corrected chi connectivity index (χ2v) is 4.98. The Hall–Kier alpha value is -0.340. The fourth-order valence-corrected chi connectivity index (χ4v) is 2.57. The molecule has 1 aromatic rings. The second-order valence-electron chi connectivity index (χ2n) is 3.86. The maximum Gasteiger partial charge on any atom is 0.0356 e. The van der Waals surface area contributed by atoms with Gasteiger partial charge in [-0.05, 0) is 49.2 Å². The zero-order valence-electron chi connectivity index (χ0n) is 8.34. The van der Waals surface area contributed by atoms with E-state index in [-0.39, 0.29) is 0 Å². The smallest absolute Gasteiger partial charge is 0.0356 e. The Labute approximate surface area is 84.2 Å². The Morgan fingerprint density at radius 3 is 2.85 bits per heavy atom. The molecule has 1 heterocycles. The zero-order valence-corrected chi connectivity index (χ0v) is 9.16. The molecular formula is C11H17NS. The summed E-state index contributed by atoms with van der Waals surface area (Å²) in [6.07, 6.45) is 2.82. The van der Waals surface area contributed by atoms with E-state index in [1.165, 1.54) is 23.3 Å². The fourth-order valence-electron chi connectivity index (χ4n) is 1.83. The van der Waals surface area contributed by atoms with E-state index in [4.69, 9.17) is 0 Å². The van der Waals surface area contributed by atoms with Gasteiger partial charge in [0.15, 0.2) is 0 Å². The molecule has 1 fully saturated rings. The van der Waals surface area contributed by atoms with Gasteiger partial charge in [0.1, 0.15) is 0 Å². The van der Waals surface area contributed by atoms with Gasteiger partial charge in [-0.3, -0.25) is 0 Å². The second kappa shape index (κ2) is 3.81. The highest BCUT2D eigenvalue weighted by Crippen LogP contribution is 2.41. The van der Waals surface area contributed by atoms with Crippen molar-refractivity contribution in [3.05, 3.63) is 21.9 Å². The molecule has 1 saturated carbocycles. The van der Waals surface area contributed by atoms with E-state index >= 15 is 0 Å². The average molecular weight is 195 g/mol. The summed E-state index contributed by atoms with van der Waals surface area (Å²) in [5, 5.41) is 5.89. The van der Waals surface area contributed by atoms with Crippen molar-refractivity contribution in [1.29, 1.82) is 0 Å². The topological polar surface area (TPSA) is 12.0 Å². The van der Waals surface area contributed by atoms with E-state index in [1.807, 2.05) is 11.3 Å². The summed E-state index contributed by atoms with van der Waals surface area (Å²) in [6, 6.07) is 2.96. The molecule has 0 bridgehead atoms. The third-order valence-electron chi connectivity index (χ3n) is 2.63. The fraction of sp³-hybridized carbons (Fsp3) is 0.636. The maximum absolute atomic E-state index is 3.58. The number of hydrogen-bond donors (Lipinski definition) is 1. The van der Waals surface area contributed by atoms with Gasteiger partial charge in [0, 0.05) is 10.9 Å². The summed E-state index contributed by atoms with van der Waals surface area (Å²) < 4.78 is 0. The summed E-state index contributed by atoms with van der Waals surface area (Å²) in [5.41, 5.74) is 1.51. The predicted molar refractivity (Wildman–Crippen MR) is 58.2 cm³/mol. The normalized spacial score (nSPS) is 18.9. The SMILES string of the molecule is CCNC(c1csc(C)c1)C1CC1. The minimum absolute atomic E-state index is 0.634. The van der Waals surface area contributed by atoms with Crippen LogP contribution in [-0.2, 0) is 0 Å². The van der Waals surface area contributed by atoms with Gasteiger partial charge in [-0.15, -0.1) is 11.3 Å². The average Bonchev–Trinajstić information content (AvgIpc) is 2.85. The Bertz CT molecular complexity index is 275. The van der Waals surface area contributed by atoms with Crippen LogP contribution >= 0.6 is 11.3 Å². The van der Waals surface area contributed by atoms with Crippen molar-refractivity contribution in [3.63, 3.8) is 0 Å². The summed E-state index contributed by atoms with van der Waals surface area (Å²) in [4.78, 5) is 1.43. The summed E-state index contributed by atoms with van der Waals surface area (Å²) in [7, 11) is 0. The Balaban J connectivity index is 2.10. The van der Waals surface area contributed by atoms with Crippen LogP contribution in [0.5, 0.6) is 0 Å².